The topological polar surface area (TPSA) is 9.23 Å². The van der Waals surface area contributed by atoms with Crippen LogP contribution in [0, 0.1) is 5.82 Å². The Labute approximate surface area is 77.5 Å². The van der Waals surface area contributed by atoms with Crippen molar-refractivity contribution in [3.05, 3.63) is 29.6 Å². The number of ether oxygens (including phenoxy) is 1. The Morgan fingerprint density at radius 2 is 2.38 bits per heavy atom. The molecule has 1 unspecified atom stereocenters. The molecule has 0 saturated heterocycles. The minimum absolute atomic E-state index is 0.164. The molecule has 1 aromatic carbocycles. The maximum atomic E-state index is 12.9. The smallest absolute Gasteiger partial charge is 0.123 e. The minimum atomic E-state index is -0.164. The van der Waals surface area contributed by atoms with Crippen LogP contribution in [0.25, 0.3) is 0 Å². The summed E-state index contributed by atoms with van der Waals surface area (Å²) in [6.07, 6.45) is 2.06. The van der Waals surface area contributed by atoms with Crippen molar-refractivity contribution in [2.45, 2.75) is 25.7 Å². The van der Waals surface area contributed by atoms with Gasteiger partial charge in [0.25, 0.3) is 0 Å². The fourth-order valence-electron chi connectivity index (χ4n) is 1.86. The summed E-state index contributed by atoms with van der Waals surface area (Å²) in [5.41, 5.74) is 1.04. The molecule has 0 radical (unpaired) electrons. The molecule has 0 spiro atoms. The van der Waals surface area contributed by atoms with Crippen LogP contribution in [0.3, 0.4) is 0 Å². The summed E-state index contributed by atoms with van der Waals surface area (Å²) < 4.78 is 18.4. The molecule has 0 saturated carbocycles. The van der Waals surface area contributed by atoms with Crippen LogP contribution in [0.2, 0.25) is 0 Å². The molecule has 0 bridgehead atoms. The highest BCUT2D eigenvalue weighted by atomic mass is 19.1. The summed E-state index contributed by atoms with van der Waals surface area (Å²) >= 11 is 0. The minimum Gasteiger partial charge on any atom is -0.493 e. The van der Waals surface area contributed by atoms with Crippen molar-refractivity contribution >= 4 is 0 Å². The highest BCUT2D eigenvalue weighted by Gasteiger charge is 2.19. The van der Waals surface area contributed by atoms with Gasteiger partial charge in [0.05, 0.1) is 6.61 Å². The van der Waals surface area contributed by atoms with Gasteiger partial charge in [-0.2, -0.15) is 0 Å². The van der Waals surface area contributed by atoms with E-state index in [9.17, 15) is 4.39 Å². The van der Waals surface area contributed by atoms with Crippen LogP contribution in [0.4, 0.5) is 4.39 Å². The Hall–Kier alpha value is -1.05. The Bertz CT molecular complexity index is 309. The van der Waals surface area contributed by atoms with Gasteiger partial charge in [0.1, 0.15) is 11.6 Å². The lowest BCUT2D eigenvalue weighted by Crippen LogP contribution is -2.13. The highest BCUT2D eigenvalue weighted by molar-refractivity contribution is 5.38. The second-order valence-corrected chi connectivity index (χ2v) is 3.42. The third-order valence-electron chi connectivity index (χ3n) is 2.63. The standard InChI is InChI=1S/C11H13FO/c1-2-8-5-6-13-11-4-3-9(12)7-10(8)11/h3-4,7-8H,2,5-6H2,1H3. The largest absolute Gasteiger partial charge is 0.493 e. The zero-order valence-corrected chi connectivity index (χ0v) is 7.72. The van der Waals surface area contributed by atoms with Crippen LogP contribution in [0.1, 0.15) is 31.2 Å². The van der Waals surface area contributed by atoms with Crippen LogP contribution < -0.4 is 4.74 Å². The van der Waals surface area contributed by atoms with Gasteiger partial charge in [-0.3, -0.25) is 0 Å². The molecule has 1 aromatic rings. The van der Waals surface area contributed by atoms with Crippen molar-refractivity contribution in [1.82, 2.24) is 0 Å². The van der Waals surface area contributed by atoms with Crippen molar-refractivity contribution in [2.75, 3.05) is 6.61 Å². The maximum absolute atomic E-state index is 12.9. The molecule has 1 atom stereocenters. The van der Waals surface area contributed by atoms with Crippen LogP contribution >= 0.6 is 0 Å². The summed E-state index contributed by atoms with van der Waals surface area (Å²) in [7, 11) is 0. The van der Waals surface area contributed by atoms with Crippen molar-refractivity contribution in [3.63, 3.8) is 0 Å². The van der Waals surface area contributed by atoms with E-state index in [1.165, 1.54) is 6.07 Å². The van der Waals surface area contributed by atoms with E-state index >= 15 is 0 Å². The molecular weight excluding hydrogens is 167 g/mol. The van der Waals surface area contributed by atoms with Gasteiger partial charge in [-0.05, 0) is 37.0 Å². The monoisotopic (exact) mass is 180 g/mol. The molecule has 1 aliphatic heterocycles. The Morgan fingerprint density at radius 1 is 1.54 bits per heavy atom. The van der Waals surface area contributed by atoms with E-state index in [2.05, 4.69) is 6.92 Å². The third-order valence-corrected chi connectivity index (χ3v) is 2.63. The number of rotatable bonds is 1. The Balaban J connectivity index is 2.41. The summed E-state index contributed by atoms with van der Waals surface area (Å²) in [5.74, 6) is 1.17. The molecule has 2 rings (SSSR count). The first-order valence-corrected chi connectivity index (χ1v) is 4.73. The molecule has 0 aliphatic carbocycles. The van der Waals surface area contributed by atoms with Gasteiger partial charge in [-0.1, -0.05) is 6.92 Å². The number of hydrogen-bond acceptors (Lipinski definition) is 1. The van der Waals surface area contributed by atoms with Gasteiger partial charge in [-0.15, -0.1) is 0 Å². The van der Waals surface area contributed by atoms with Gasteiger partial charge in [0, 0.05) is 5.56 Å². The summed E-state index contributed by atoms with van der Waals surface area (Å²) in [6, 6.07) is 4.78. The zero-order chi connectivity index (χ0) is 9.26. The first-order chi connectivity index (χ1) is 6.31. The van der Waals surface area contributed by atoms with Crippen LogP contribution in [0.5, 0.6) is 5.75 Å². The number of hydrogen-bond donors (Lipinski definition) is 0. The molecule has 0 N–H and O–H groups in total. The molecular formula is C11H13FO. The molecule has 13 heavy (non-hydrogen) atoms. The highest BCUT2D eigenvalue weighted by Crippen LogP contribution is 2.35. The quantitative estimate of drug-likeness (QED) is 0.645. The summed E-state index contributed by atoms with van der Waals surface area (Å²) in [4.78, 5) is 0. The predicted molar refractivity (Wildman–Crippen MR) is 49.5 cm³/mol. The third kappa shape index (κ3) is 1.53. The van der Waals surface area contributed by atoms with Gasteiger partial charge < -0.3 is 4.74 Å². The first-order valence-electron chi connectivity index (χ1n) is 4.73. The second kappa shape index (κ2) is 3.36. The Morgan fingerprint density at radius 3 is 3.15 bits per heavy atom. The SMILES string of the molecule is CCC1CCOc2ccc(F)cc21. The molecule has 2 heteroatoms. The summed E-state index contributed by atoms with van der Waals surface area (Å²) in [5, 5.41) is 0. The average Bonchev–Trinajstić information content (AvgIpc) is 2.17. The van der Waals surface area contributed by atoms with Crippen LogP contribution in [0.15, 0.2) is 18.2 Å². The van der Waals surface area contributed by atoms with Gasteiger partial charge in [0.15, 0.2) is 0 Å². The van der Waals surface area contributed by atoms with Crippen LogP contribution in [-0.4, -0.2) is 6.61 Å². The van der Waals surface area contributed by atoms with Gasteiger partial charge in [0.2, 0.25) is 0 Å². The van der Waals surface area contributed by atoms with E-state index in [1.807, 2.05) is 0 Å². The number of benzene rings is 1. The number of fused-ring (bicyclic) bond motifs is 1. The van der Waals surface area contributed by atoms with E-state index in [-0.39, 0.29) is 5.82 Å². The van der Waals surface area contributed by atoms with E-state index in [0.717, 1.165) is 30.8 Å². The molecule has 0 amide bonds. The molecule has 1 heterocycles. The lowest BCUT2D eigenvalue weighted by atomic mass is 9.91. The fourth-order valence-corrected chi connectivity index (χ4v) is 1.86. The Kier molecular flexibility index (Phi) is 2.21. The molecule has 1 aliphatic rings. The van der Waals surface area contributed by atoms with E-state index < -0.39 is 0 Å². The number of halogens is 1. The lowest BCUT2D eigenvalue weighted by molar-refractivity contribution is 0.264. The van der Waals surface area contributed by atoms with Crippen molar-refractivity contribution in [3.8, 4) is 5.75 Å². The van der Waals surface area contributed by atoms with Crippen molar-refractivity contribution < 1.29 is 9.13 Å². The molecule has 70 valence electrons. The normalized spacial score (nSPS) is 20.6. The van der Waals surface area contributed by atoms with E-state index in [1.54, 1.807) is 12.1 Å². The molecule has 1 nitrogen and oxygen atoms in total. The van der Waals surface area contributed by atoms with Crippen molar-refractivity contribution in [1.29, 1.82) is 0 Å². The first kappa shape index (κ1) is 8.54. The zero-order valence-electron chi connectivity index (χ0n) is 7.72. The van der Waals surface area contributed by atoms with Gasteiger partial charge >= 0.3 is 0 Å². The lowest BCUT2D eigenvalue weighted by Gasteiger charge is -2.24. The second-order valence-electron chi connectivity index (χ2n) is 3.42. The summed E-state index contributed by atoms with van der Waals surface area (Å²) in [6.45, 7) is 2.89. The van der Waals surface area contributed by atoms with Gasteiger partial charge in [-0.25, -0.2) is 4.39 Å². The molecule has 0 fully saturated rings. The van der Waals surface area contributed by atoms with Crippen molar-refractivity contribution in [2.24, 2.45) is 0 Å². The van der Waals surface area contributed by atoms with Crippen LogP contribution in [-0.2, 0) is 0 Å². The predicted octanol–water partition coefficient (Wildman–Crippen LogP) is 3.10. The fraction of sp³-hybridized carbons (Fsp3) is 0.455. The molecule has 0 aromatic heterocycles. The average molecular weight is 180 g/mol. The maximum Gasteiger partial charge on any atom is 0.123 e. The van der Waals surface area contributed by atoms with E-state index in [4.69, 9.17) is 4.74 Å². The van der Waals surface area contributed by atoms with E-state index in [0.29, 0.717) is 5.92 Å².